The van der Waals surface area contributed by atoms with Crippen LogP contribution in [0, 0.1) is 6.92 Å². The number of hydrogen-bond acceptors (Lipinski definition) is 4. The maximum Gasteiger partial charge on any atom is 0.255 e. The van der Waals surface area contributed by atoms with Crippen molar-refractivity contribution in [1.29, 1.82) is 0 Å². The van der Waals surface area contributed by atoms with Gasteiger partial charge in [0, 0.05) is 18.7 Å². The summed E-state index contributed by atoms with van der Waals surface area (Å²) in [6, 6.07) is 11.8. The maximum absolute atomic E-state index is 13.0. The number of nitrogens with one attached hydrogen (secondary N) is 1. The van der Waals surface area contributed by atoms with E-state index in [0.717, 1.165) is 24.8 Å². The van der Waals surface area contributed by atoms with Gasteiger partial charge in [-0.15, -0.1) is 0 Å². The second kappa shape index (κ2) is 8.75. The van der Waals surface area contributed by atoms with Gasteiger partial charge in [0.25, 0.3) is 5.91 Å². The molecule has 0 saturated carbocycles. The summed E-state index contributed by atoms with van der Waals surface area (Å²) in [4.78, 5) is 12.8. The molecular formula is C21H26N2O4S. The third kappa shape index (κ3) is 4.54. The zero-order valence-corrected chi connectivity index (χ0v) is 17.1. The molecule has 1 N–H and O–H groups in total. The van der Waals surface area contributed by atoms with Crippen LogP contribution in [0.4, 0.5) is 5.69 Å². The van der Waals surface area contributed by atoms with Gasteiger partial charge in [0.15, 0.2) is 0 Å². The number of carbonyl (C=O) groups excluding carboxylic acids is 1. The largest absolute Gasteiger partial charge is 0.492 e. The molecule has 0 aliphatic carbocycles. The van der Waals surface area contributed by atoms with Crippen molar-refractivity contribution in [1.82, 2.24) is 4.31 Å². The van der Waals surface area contributed by atoms with Crippen LogP contribution in [0.15, 0.2) is 47.4 Å². The lowest BCUT2D eigenvalue weighted by molar-refractivity contribution is 0.102. The Morgan fingerprint density at radius 2 is 1.75 bits per heavy atom. The lowest BCUT2D eigenvalue weighted by Crippen LogP contribution is -2.35. The average molecular weight is 403 g/mol. The van der Waals surface area contributed by atoms with Gasteiger partial charge in [0.2, 0.25) is 10.0 Å². The summed E-state index contributed by atoms with van der Waals surface area (Å²) in [5, 5.41) is 2.80. The van der Waals surface area contributed by atoms with Gasteiger partial charge < -0.3 is 10.1 Å². The molecule has 1 heterocycles. The molecular weight excluding hydrogens is 376 g/mol. The maximum atomic E-state index is 13.0. The fraction of sp³-hybridized carbons (Fsp3) is 0.381. The molecule has 150 valence electrons. The number of sulfonamides is 1. The fourth-order valence-electron chi connectivity index (χ4n) is 3.20. The first-order valence-electron chi connectivity index (χ1n) is 9.57. The van der Waals surface area contributed by atoms with Crippen molar-refractivity contribution in [3.8, 4) is 5.75 Å². The van der Waals surface area contributed by atoms with E-state index < -0.39 is 10.0 Å². The van der Waals surface area contributed by atoms with Crippen LogP contribution in [-0.4, -0.2) is 38.3 Å². The van der Waals surface area contributed by atoms with Crippen molar-refractivity contribution in [3.63, 3.8) is 0 Å². The molecule has 1 fully saturated rings. The monoisotopic (exact) mass is 402 g/mol. The van der Waals surface area contributed by atoms with Crippen molar-refractivity contribution < 1.29 is 17.9 Å². The Morgan fingerprint density at radius 1 is 1.07 bits per heavy atom. The van der Waals surface area contributed by atoms with E-state index in [1.807, 2.05) is 26.0 Å². The normalized spacial score (nSPS) is 15.2. The third-order valence-electron chi connectivity index (χ3n) is 4.77. The Labute approximate surface area is 166 Å². The number of benzene rings is 2. The quantitative estimate of drug-likeness (QED) is 0.797. The van der Waals surface area contributed by atoms with Gasteiger partial charge in [0.05, 0.1) is 17.2 Å². The van der Waals surface area contributed by atoms with E-state index in [1.54, 1.807) is 18.2 Å². The zero-order valence-electron chi connectivity index (χ0n) is 16.3. The standard InChI is InChI=1S/C21H26N2O4S/c1-3-27-20-12-11-18(28(25,26)23-13-5-4-6-14-23)15-19(20)22-21(24)17-9-7-16(2)8-10-17/h7-12,15H,3-6,13-14H2,1-2H3,(H,22,24). The highest BCUT2D eigenvalue weighted by Gasteiger charge is 2.27. The molecule has 1 aliphatic rings. The van der Waals surface area contributed by atoms with Crippen LogP contribution in [0.1, 0.15) is 42.1 Å². The number of aryl methyl sites for hydroxylation is 1. The Morgan fingerprint density at radius 3 is 2.39 bits per heavy atom. The molecule has 0 radical (unpaired) electrons. The number of carbonyl (C=O) groups is 1. The van der Waals surface area contributed by atoms with E-state index in [1.165, 1.54) is 16.4 Å². The number of nitrogens with zero attached hydrogens (tertiary/aromatic N) is 1. The van der Waals surface area contributed by atoms with E-state index >= 15 is 0 Å². The average Bonchev–Trinajstić information content (AvgIpc) is 2.70. The SMILES string of the molecule is CCOc1ccc(S(=O)(=O)N2CCCCC2)cc1NC(=O)c1ccc(C)cc1. The summed E-state index contributed by atoms with van der Waals surface area (Å²) >= 11 is 0. The molecule has 0 bridgehead atoms. The van der Waals surface area contributed by atoms with Crippen LogP contribution < -0.4 is 10.1 Å². The second-order valence-electron chi connectivity index (χ2n) is 6.88. The summed E-state index contributed by atoms with van der Waals surface area (Å²) in [5.74, 6) is 0.133. The van der Waals surface area contributed by atoms with Crippen molar-refractivity contribution >= 4 is 21.6 Å². The highest BCUT2D eigenvalue weighted by atomic mass is 32.2. The third-order valence-corrected chi connectivity index (χ3v) is 6.66. The predicted molar refractivity (Wildman–Crippen MR) is 109 cm³/mol. The summed E-state index contributed by atoms with van der Waals surface area (Å²) in [6.45, 7) is 5.25. The molecule has 0 spiro atoms. The van der Waals surface area contributed by atoms with Crippen LogP contribution in [0.5, 0.6) is 5.75 Å². The van der Waals surface area contributed by atoms with E-state index in [-0.39, 0.29) is 10.8 Å². The van der Waals surface area contributed by atoms with Crippen LogP contribution in [0.3, 0.4) is 0 Å². The van der Waals surface area contributed by atoms with Gasteiger partial charge in [-0.05, 0) is 57.0 Å². The van der Waals surface area contributed by atoms with E-state index in [2.05, 4.69) is 5.32 Å². The van der Waals surface area contributed by atoms with Gasteiger partial charge in [-0.25, -0.2) is 8.42 Å². The lowest BCUT2D eigenvalue weighted by atomic mass is 10.1. The minimum absolute atomic E-state index is 0.164. The van der Waals surface area contributed by atoms with E-state index in [4.69, 9.17) is 4.74 Å². The summed E-state index contributed by atoms with van der Waals surface area (Å²) in [5.41, 5.74) is 1.91. The minimum Gasteiger partial charge on any atom is -0.492 e. The first-order valence-corrected chi connectivity index (χ1v) is 11.0. The number of amides is 1. The highest BCUT2D eigenvalue weighted by molar-refractivity contribution is 7.89. The topological polar surface area (TPSA) is 75.7 Å². The molecule has 1 aliphatic heterocycles. The van der Waals surface area contributed by atoms with Crippen molar-refractivity contribution in [2.45, 2.75) is 38.0 Å². The number of hydrogen-bond donors (Lipinski definition) is 1. The number of anilines is 1. The molecule has 3 rings (SSSR count). The molecule has 7 heteroatoms. The predicted octanol–water partition coefficient (Wildman–Crippen LogP) is 3.82. The Hall–Kier alpha value is -2.38. The van der Waals surface area contributed by atoms with Crippen LogP contribution >= 0.6 is 0 Å². The molecule has 0 atom stereocenters. The van der Waals surface area contributed by atoms with Gasteiger partial charge in [-0.2, -0.15) is 4.31 Å². The zero-order chi connectivity index (χ0) is 20.1. The first-order chi connectivity index (χ1) is 13.4. The highest BCUT2D eigenvalue weighted by Crippen LogP contribution is 2.30. The first kappa shape index (κ1) is 20.4. The number of ether oxygens (including phenoxy) is 1. The van der Waals surface area contributed by atoms with Crippen molar-refractivity contribution in [2.75, 3.05) is 25.0 Å². The molecule has 1 amide bonds. The van der Waals surface area contributed by atoms with E-state index in [0.29, 0.717) is 36.7 Å². The second-order valence-corrected chi connectivity index (χ2v) is 8.81. The Balaban J connectivity index is 1.91. The minimum atomic E-state index is -3.60. The molecule has 2 aromatic rings. The van der Waals surface area contributed by atoms with Crippen LogP contribution in [-0.2, 0) is 10.0 Å². The lowest BCUT2D eigenvalue weighted by Gasteiger charge is -2.26. The summed E-state index contributed by atoms with van der Waals surface area (Å²) in [7, 11) is -3.60. The van der Waals surface area contributed by atoms with Gasteiger partial charge in [-0.3, -0.25) is 4.79 Å². The summed E-state index contributed by atoms with van der Waals surface area (Å²) < 4.78 is 33.0. The molecule has 1 saturated heterocycles. The van der Waals surface area contributed by atoms with Crippen molar-refractivity contribution in [3.05, 3.63) is 53.6 Å². The molecule has 28 heavy (non-hydrogen) atoms. The smallest absolute Gasteiger partial charge is 0.255 e. The Kier molecular flexibility index (Phi) is 6.36. The fourth-order valence-corrected chi connectivity index (χ4v) is 4.75. The van der Waals surface area contributed by atoms with Crippen LogP contribution in [0.2, 0.25) is 0 Å². The summed E-state index contributed by atoms with van der Waals surface area (Å²) in [6.07, 6.45) is 2.79. The van der Waals surface area contributed by atoms with Gasteiger partial charge >= 0.3 is 0 Å². The van der Waals surface area contributed by atoms with E-state index in [9.17, 15) is 13.2 Å². The van der Waals surface area contributed by atoms with Gasteiger partial charge in [0.1, 0.15) is 5.75 Å². The van der Waals surface area contributed by atoms with Crippen LogP contribution in [0.25, 0.3) is 0 Å². The van der Waals surface area contributed by atoms with Crippen molar-refractivity contribution in [2.24, 2.45) is 0 Å². The Bertz CT molecular complexity index is 933. The van der Waals surface area contributed by atoms with Gasteiger partial charge in [-0.1, -0.05) is 24.1 Å². The number of rotatable bonds is 6. The number of piperidine rings is 1. The molecule has 2 aromatic carbocycles. The molecule has 6 nitrogen and oxygen atoms in total. The molecule has 0 unspecified atom stereocenters. The molecule has 0 aromatic heterocycles.